The van der Waals surface area contributed by atoms with Gasteiger partial charge in [0, 0.05) is 11.0 Å². The number of halogens is 2. The summed E-state index contributed by atoms with van der Waals surface area (Å²) < 4.78 is 7.35. The van der Waals surface area contributed by atoms with E-state index >= 15 is 0 Å². The van der Waals surface area contributed by atoms with Crippen LogP contribution in [0.25, 0.3) is 0 Å². The molecule has 3 nitrogen and oxygen atoms in total. The van der Waals surface area contributed by atoms with Crippen LogP contribution >= 0.6 is 43.2 Å². The minimum atomic E-state index is 0.0289. The van der Waals surface area contributed by atoms with Crippen LogP contribution in [-0.2, 0) is 6.42 Å². The number of nitrogens with zero attached hydrogens (tertiary/aromatic N) is 1. The van der Waals surface area contributed by atoms with E-state index in [1.165, 1.54) is 22.5 Å². The van der Waals surface area contributed by atoms with E-state index in [0.29, 0.717) is 0 Å². The number of carbonyl (C=O) groups is 1. The number of aryl methyl sites for hydroxylation is 1. The van der Waals surface area contributed by atoms with Crippen LogP contribution in [0, 0.1) is 6.92 Å². The number of benzene rings is 1. The minimum Gasteiger partial charge on any atom is -0.495 e. The number of fused-ring (bicyclic) bond motifs is 1. The second-order valence-electron chi connectivity index (χ2n) is 5.20. The fourth-order valence-corrected chi connectivity index (χ4v) is 4.79. The smallest absolute Gasteiger partial charge is 0.268 e. The Hall–Kier alpha value is -0.850. The normalized spacial score (nSPS) is 13.9. The van der Waals surface area contributed by atoms with Crippen LogP contribution in [0.1, 0.15) is 27.2 Å². The molecule has 0 bridgehead atoms. The Balaban J connectivity index is 2.08. The molecular weight excluding hydrogens is 430 g/mol. The van der Waals surface area contributed by atoms with E-state index in [-0.39, 0.29) is 5.91 Å². The molecule has 0 N–H and O–H groups in total. The van der Waals surface area contributed by atoms with Gasteiger partial charge in [-0.15, -0.1) is 11.3 Å². The molecular formula is C16H15Br2NO2S. The van der Waals surface area contributed by atoms with Gasteiger partial charge in [0.15, 0.2) is 0 Å². The molecule has 6 heteroatoms. The molecule has 0 radical (unpaired) electrons. The van der Waals surface area contributed by atoms with Gasteiger partial charge in [0.25, 0.3) is 5.91 Å². The minimum absolute atomic E-state index is 0.0289. The average molecular weight is 445 g/mol. The van der Waals surface area contributed by atoms with E-state index in [4.69, 9.17) is 4.74 Å². The van der Waals surface area contributed by atoms with Gasteiger partial charge in [-0.25, -0.2) is 0 Å². The number of anilines is 1. The van der Waals surface area contributed by atoms with Crippen LogP contribution in [0.15, 0.2) is 26.5 Å². The topological polar surface area (TPSA) is 29.5 Å². The molecule has 0 unspecified atom stereocenters. The van der Waals surface area contributed by atoms with Crippen molar-refractivity contribution in [3.63, 3.8) is 0 Å². The highest BCUT2D eigenvalue weighted by Gasteiger charge is 2.29. The van der Waals surface area contributed by atoms with Crippen LogP contribution in [0.3, 0.4) is 0 Å². The third kappa shape index (κ3) is 2.72. The zero-order valence-corrected chi connectivity index (χ0v) is 16.3. The van der Waals surface area contributed by atoms with Gasteiger partial charge in [-0.05, 0) is 74.9 Å². The molecule has 3 rings (SSSR count). The van der Waals surface area contributed by atoms with Crippen molar-refractivity contribution in [2.24, 2.45) is 0 Å². The second kappa shape index (κ2) is 6.34. The number of rotatable bonds is 2. The van der Waals surface area contributed by atoms with Gasteiger partial charge in [-0.3, -0.25) is 4.79 Å². The van der Waals surface area contributed by atoms with Crippen molar-refractivity contribution >= 4 is 54.8 Å². The van der Waals surface area contributed by atoms with E-state index < -0.39 is 0 Å². The Labute approximate surface area is 150 Å². The van der Waals surface area contributed by atoms with Crippen molar-refractivity contribution in [3.8, 4) is 5.75 Å². The lowest BCUT2D eigenvalue weighted by Gasteiger charge is -2.31. The molecule has 0 spiro atoms. The highest BCUT2D eigenvalue weighted by atomic mass is 79.9. The SMILES string of the molecule is COc1ccc(C)c2c1N(C(=O)c1cc(Br)c(Br)s1)CCC2. The predicted molar refractivity (Wildman–Crippen MR) is 97.4 cm³/mol. The summed E-state index contributed by atoms with van der Waals surface area (Å²) in [6, 6.07) is 5.87. The zero-order chi connectivity index (χ0) is 15.9. The summed E-state index contributed by atoms with van der Waals surface area (Å²) in [5.74, 6) is 0.796. The Morgan fingerprint density at radius 3 is 2.77 bits per heavy atom. The molecule has 1 aliphatic heterocycles. The van der Waals surface area contributed by atoms with Crippen LogP contribution < -0.4 is 9.64 Å². The molecule has 1 aliphatic rings. The van der Waals surface area contributed by atoms with E-state index in [1.54, 1.807) is 7.11 Å². The summed E-state index contributed by atoms with van der Waals surface area (Å²) in [6.45, 7) is 2.81. The first kappa shape index (κ1) is 16.0. The van der Waals surface area contributed by atoms with Gasteiger partial charge < -0.3 is 9.64 Å². The Bertz CT molecular complexity index is 722. The van der Waals surface area contributed by atoms with Crippen molar-refractivity contribution in [3.05, 3.63) is 42.5 Å². The molecule has 22 heavy (non-hydrogen) atoms. The number of carbonyl (C=O) groups excluding carboxylic acids is 1. The number of ether oxygens (including phenoxy) is 1. The molecule has 2 heterocycles. The van der Waals surface area contributed by atoms with E-state index in [0.717, 1.165) is 44.0 Å². The maximum atomic E-state index is 12.9. The van der Waals surface area contributed by atoms with E-state index in [1.807, 2.05) is 17.0 Å². The summed E-state index contributed by atoms with van der Waals surface area (Å²) in [5.41, 5.74) is 3.36. The number of hydrogen-bond donors (Lipinski definition) is 0. The molecule has 0 saturated heterocycles. The van der Waals surface area contributed by atoms with Gasteiger partial charge in [-0.1, -0.05) is 6.07 Å². The molecule has 1 amide bonds. The van der Waals surface area contributed by atoms with Gasteiger partial charge in [0.05, 0.1) is 21.5 Å². The fourth-order valence-electron chi connectivity index (χ4n) is 2.81. The third-order valence-electron chi connectivity index (χ3n) is 3.88. The Morgan fingerprint density at radius 1 is 1.36 bits per heavy atom. The van der Waals surface area contributed by atoms with Crippen LogP contribution in [-0.4, -0.2) is 19.6 Å². The van der Waals surface area contributed by atoms with Crippen molar-refractivity contribution in [2.75, 3.05) is 18.6 Å². The lowest BCUT2D eigenvalue weighted by Crippen LogP contribution is -2.35. The van der Waals surface area contributed by atoms with Gasteiger partial charge in [0.2, 0.25) is 0 Å². The van der Waals surface area contributed by atoms with Crippen LogP contribution in [0.4, 0.5) is 5.69 Å². The maximum absolute atomic E-state index is 12.9. The van der Waals surface area contributed by atoms with E-state index in [2.05, 4.69) is 44.8 Å². The van der Waals surface area contributed by atoms with Crippen molar-refractivity contribution in [1.29, 1.82) is 0 Å². The molecule has 0 atom stereocenters. The number of methoxy groups -OCH3 is 1. The first-order valence-electron chi connectivity index (χ1n) is 6.96. The fraction of sp³-hybridized carbons (Fsp3) is 0.312. The van der Waals surface area contributed by atoms with Crippen molar-refractivity contribution in [2.45, 2.75) is 19.8 Å². The van der Waals surface area contributed by atoms with Crippen molar-refractivity contribution in [1.82, 2.24) is 0 Å². The quantitative estimate of drug-likeness (QED) is 0.638. The third-order valence-corrected chi connectivity index (χ3v) is 7.12. The molecule has 1 aromatic carbocycles. The zero-order valence-electron chi connectivity index (χ0n) is 12.3. The Morgan fingerprint density at radius 2 is 2.14 bits per heavy atom. The number of thiophene rings is 1. The largest absolute Gasteiger partial charge is 0.495 e. The monoisotopic (exact) mass is 443 g/mol. The van der Waals surface area contributed by atoms with E-state index in [9.17, 15) is 4.79 Å². The summed E-state index contributed by atoms with van der Waals surface area (Å²) >= 11 is 8.35. The van der Waals surface area contributed by atoms with Gasteiger partial charge in [0.1, 0.15) is 5.75 Å². The summed E-state index contributed by atoms with van der Waals surface area (Å²) in [4.78, 5) is 15.5. The highest BCUT2D eigenvalue weighted by molar-refractivity contribution is 9.13. The second-order valence-corrected chi connectivity index (χ2v) is 8.43. The van der Waals surface area contributed by atoms with Gasteiger partial charge >= 0.3 is 0 Å². The summed E-state index contributed by atoms with van der Waals surface area (Å²) in [7, 11) is 1.65. The Kier molecular flexibility index (Phi) is 4.61. The average Bonchev–Trinajstić information content (AvgIpc) is 2.86. The standard InChI is InChI=1S/C16H15Br2NO2S/c1-9-5-6-12(21-2)14-10(9)4-3-7-19(14)16(20)13-8-11(17)15(18)22-13/h5-6,8H,3-4,7H2,1-2H3. The number of amides is 1. The summed E-state index contributed by atoms with van der Waals surface area (Å²) in [5, 5.41) is 0. The van der Waals surface area contributed by atoms with Crippen LogP contribution in [0.2, 0.25) is 0 Å². The summed E-state index contributed by atoms with van der Waals surface area (Å²) in [6.07, 6.45) is 1.96. The molecule has 116 valence electrons. The molecule has 2 aromatic rings. The molecule has 0 aliphatic carbocycles. The maximum Gasteiger partial charge on any atom is 0.268 e. The predicted octanol–water partition coefficient (Wildman–Crippen LogP) is 5.18. The highest BCUT2D eigenvalue weighted by Crippen LogP contribution is 2.40. The lowest BCUT2D eigenvalue weighted by molar-refractivity contribution is 0.0988. The molecule has 1 aromatic heterocycles. The van der Waals surface area contributed by atoms with Gasteiger partial charge in [-0.2, -0.15) is 0 Å². The molecule has 0 fully saturated rings. The lowest BCUT2D eigenvalue weighted by atomic mass is 9.96. The first-order valence-corrected chi connectivity index (χ1v) is 9.36. The van der Waals surface area contributed by atoms with Crippen LogP contribution in [0.5, 0.6) is 5.75 Å². The number of hydrogen-bond acceptors (Lipinski definition) is 3. The first-order chi connectivity index (χ1) is 10.5. The molecule has 0 saturated carbocycles. The van der Waals surface area contributed by atoms with Crippen molar-refractivity contribution < 1.29 is 9.53 Å².